The Hall–Kier alpha value is -3.85. The molecular formula is C22H17N5O3S. The zero-order valence-corrected chi connectivity index (χ0v) is 17.6. The van der Waals surface area contributed by atoms with Gasteiger partial charge in [-0.2, -0.15) is 0 Å². The average Bonchev–Trinajstić information content (AvgIpc) is 3.44. The molecule has 31 heavy (non-hydrogen) atoms. The molecule has 0 saturated heterocycles. The lowest BCUT2D eigenvalue weighted by atomic mass is 10.2. The van der Waals surface area contributed by atoms with Gasteiger partial charge in [-0.15, -0.1) is 21.5 Å². The van der Waals surface area contributed by atoms with Crippen LogP contribution in [-0.2, 0) is 18.4 Å². The number of hydrogen-bond acceptors (Lipinski definition) is 7. The Balaban J connectivity index is 1.42. The van der Waals surface area contributed by atoms with Gasteiger partial charge in [0.25, 0.3) is 5.56 Å². The van der Waals surface area contributed by atoms with Crippen LogP contribution in [0, 0.1) is 6.92 Å². The fourth-order valence-corrected chi connectivity index (χ4v) is 4.18. The normalized spacial score (nSPS) is 11.3. The predicted octanol–water partition coefficient (Wildman–Crippen LogP) is 3.37. The van der Waals surface area contributed by atoms with Gasteiger partial charge in [-0.1, -0.05) is 42.0 Å². The summed E-state index contributed by atoms with van der Waals surface area (Å²) in [5.41, 5.74) is 2.85. The molecular weight excluding hydrogens is 414 g/mol. The molecule has 0 N–H and O–H groups in total. The third kappa shape index (κ3) is 3.28. The third-order valence-electron chi connectivity index (χ3n) is 5.04. The number of carbonyl (C=O) groups is 1. The maximum Gasteiger partial charge on any atom is 0.358 e. The number of rotatable bonds is 4. The first kappa shape index (κ1) is 19.1. The lowest BCUT2D eigenvalue weighted by Gasteiger charge is -2.08. The van der Waals surface area contributed by atoms with E-state index in [1.807, 2.05) is 43.3 Å². The Kier molecular flexibility index (Phi) is 4.59. The van der Waals surface area contributed by atoms with Gasteiger partial charge >= 0.3 is 5.97 Å². The van der Waals surface area contributed by atoms with Crippen LogP contribution < -0.4 is 5.56 Å². The van der Waals surface area contributed by atoms with E-state index >= 15 is 0 Å². The molecule has 0 saturated carbocycles. The molecule has 3 aromatic heterocycles. The summed E-state index contributed by atoms with van der Waals surface area (Å²) in [6.45, 7) is 1.92. The van der Waals surface area contributed by atoms with Crippen LogP contribution in [0.15, 0.2) is 58.7 Å². The van der Waals surface area contributed by atoms with E-state index in [1.54, 1.807) is 29.0 Å². The molecule has 5 aromatic rings. The highest BCUT2D eigenvalue weighted by atomic mass is 32.1. The van der Waals surface area contributed by atoms with Crippen LogP contribution in [0.5, 0.6) is 0 Å². The van der Waals surface area contributed by atoms with Crippen molar-refractivity contribution in [1.29, 1.82) is 0 Å². The molecule has 0 aliphatic rings. The summed E-state index contributed by atoms with van der Waals surface area (Å²) in [6, 6.07) is 15.1. The van der Waals surface area contributed by atoms with Crippen LogP contribution in [0.25, 0.3) is 27.3 Å². The number of hydrogen-bond donors (Lipinski definition) is 0. The number of ether oxygens (including phenoxy) is 1. The molecule has 0 spiro atoms. The molecule has 0 unspecified atom stereocenters. The maximum absolute atomic E-state index is 12.6. The first-order chi connectivity index (χ1) is 15.0. The summed E-state index contributed by atoms with van der Waals surface area (Å²) in [5.74, 6) is 0.259. The minimum Gasteiger partial charge on any atom is -0.453 e. The summed E-state index contributed by atoms with van der Waals surface area (Å²) < 4.78 is 8.61. The predicted molar refractivity (Wildman–Crippen MR) is 117 cm³/mol. The Morgan fingerprint density at radius 2 is 1.87 bits per heavy atom. The molecule has 0 amide bonds. The van der Waals surface area contributed by atoms with E-state index in [0.29, 0.717) is 22.5 Å². The lowest BCUT2D eigenvalue weighted by molar-refractivity contribution is 0.0455. The van der Waals surface area contributed by atoms with Gasteiger partial charge in [0, 0.05) is 18.0 Å². The number of nitrogens with zero attached hydrogens (tertiary/aromatic N) is 5. The Bertz CT molecular complexity index is 1500. The fraction of sp³-hybridized carbons (Fsp3) is 0.136. The topological polar surface area (TPSA) is 91.4 Å². The number of fused-ring (bicyclic) bond motifs is 3. The quantitative estimate of drug-likeness (QED) is 0.405. The van der Waals surface area contributed by atoms with Gasteiger partial charge in [0.1, 0.15) is 5.01 Å². The molecule has 154 valence electrons. The van der Waals surface area contributed by atoms with Crippen LogP contribution in [0.4, 0.5) is 0 Å². The molecule has 8 nitrogen and oxygen atoms in total. The Morgan fingerprint density at radius 1 is 1.10 bits per heavy atom. The Morgan fingerprint density at radius 3 is 2.68 bits per heavy atom. The number of aryl methyl sites for hydroxylation is 2. The van der Waals surface area contributed by atoms with Gasteiger partial charge in [-0.25, -0.2) is 9.78 Å². The first-order valence-corrected chi connectivity index (χ1v) is 10.4. The van der Waals surface area contributed by atoms with Gasteiger partial charge < -0.3 is 4.74 Å². The van der Waals surface area contributed by atoms with Crippen molar-refractivity contribution in [2.75, 3.05) is 0 Å². The molecule has 0 fully saturated rings. The standard InChI is InChI=1S/C22H17N5O3S/c1-13-7-9-14(10-8-13)19-23-16(12-31-19)21(29)30-11-18-24-25-22-26(2)20(28)15-5-3-4-6-17(15)27(18)22/h3-10,12H,11H2,1-2H3. The molecule has 9 heteroatoms. The molecule has 0 bridgehead atoms. The molecule has 5 rings (SSSR count). The van der Waals surface area contributed by atoms with E-state index < -0.39 is 5.97 Å². The van der Waals surface area contributed by atoms with Gasteiger partial charge in [-0.05, 0) is 19.1 Å². The van der Waals surface area contributed by atoms with Gasteiger partial charge in [0.2, 0.25) is 5.78 Å². The fourth-order valence-electron chi connectivity index (χ4n) is 3.39. The molecule has 0 aliphatic carbocycles. The van der Waals surface area contributed by atoms with Crippen LogP contribution in [0.1, 0.15) is 21.9 Å². The van der Waals surface area contributed by atoms with E-state index in [4.69, 9.17) is 4.74 Å². The highest BCUT2D eigenvalue weighted by molar-refractivity contribution is 7.13. The number of para-hydroxylation sites is 1. The van der Waals surface area contributed by atoms with E-state index in [1.165, 1.54) is 15.9 Å². The van der Waals surface area contributed by atoms with E-state index in [9.17, 15) is 9.59 Å². The summed E-state index contributed by atoms with van der Waals surface area (Å²) in [6.07, 6.45) is 0. The summed E-state index contributed by atoms with van der Waals surface area (Å²) >= 11 is 1.38. The van der Waals surface area contributed by atoms with Crippen LogP contribution in [-0.4, -0.2) is 30.1 Å². The van der Waals surface area contributed by atoms with Crippen LogP contribution in [0.2, 0.25) is 0 Å². The monoisotopic (exact) mass is 431 g/mol. The van der Waals surface area contributed by atoms with Crippen molar-refractivity contribution >= 4 is 34.0 Å². The largest absolute Gasteiger partial charge is 0.453 e. The van der Waals surface area contributed by atoms with Gasteiger partial charge in [-0.3, -0.25) is 13.8 Å². The number of benzene rings is 2. The van der Waals surface area contributed by atoms with E-state index in [2.05, 4.69) is 15.2 Å². The number of carbonyl (C=O) groups excluding carboxylic acids is 1. The number of thiazole rings is 1. The highest BCUT2D eigenvalue weighted by Gasteiger charge is 2.18. The summed E-state index contributed by atoms with van der Waals surface area (Å²) in [7, 11) is 1.64. The molecule has 0 aliphatic heterocycles. The van der Waals surface area contributed by atoms with Crippen LogP contribution >= 0.6 is 11.3 Å². The summed E-state index contributed by atoms with van der Waals surface area (Å²) in [4.78, 5) is 29.5. The number of esters is 1. The second-order valence-corrected chi connectivity index (χ2v) is 7.97. The third-order valence-corrected chi connectivity index (χ3v) is 5.93. The second-order valence-electron chi connectivity index (χ2n) is 7.11. The van der Waals surface area contributed by atoms with Crippen molar-refractivity contribution in [1.82, 2.24) is 24.1 Å². The molecule has 2 aromatic carbocycles. The van der Waals surface area contributed by atoms with Crippen molar-refractivity contribution in [2.45, 2.75) is 13.5 Å². The minimum atomic E-state index is -0.541. The average molecular weight is 431 g/mol. The SMILES string of the molecule is Cc1ccc(-c2nc(C(=O)OCc3nnc4n(C)c(=O)c5ccccc5n34)cs2)cc1. The summed E-state index contributed by atoms with van der Waals surface area (Å²) in [5, 5.41) is 11.2. The van der Waals surface area contributed by atoms with Crippen molar-refractivity contribution in [3.8, 4) is 10.6 Å². The van der Waals surface area contributed by atoms with Gasteiger partial charge in [0.05, 0.1) is 10.9 Å². The van der Waals surface area contributed by atoms with Crippen molar-refractivity contribution in [3.63, 3.8) is 0 Å². The van der Waals surface area contributed by atoms with Crippen molar-refractivity contribution < 1.29 is 9.53 Å². The number of aromatic nitrogens is 5. The zero-order valence-electron chi connectivity index (χ0n) is 16.8. The molecule has 0 radical (unpaired) electrons. The highest BCUT2D eigenvalue weighted by Crippen LogP contribution is 2.24. The van der Waals surface area contributed by atoms with E-state index in [0.717, 1.165) is 16.1 Å². The smallest absolute Gasteiger partial charge is 0.358 e. The van der Waals surface area contributed by atoms with Crippen molar-refractivity contribution in [2.24, 2.45) is 7.05 Å². The Labute approximate surface area is 180 Å². The maximum atomic E-state index is 12.6. The minimum absolute atomic E-state index is 0.0976. The van der Waals surface area contributed by atoms with Crippen molar-refractivity contribution in [3.05, 3.63) is 81.3 Å². The van der Waals surface area contributed by atoms with Crippen LogP contribution in [0.3, 0.4) is 0 Å². The zero-order chi connectivity index (χ0) is 21.5. The van der Waals surface area contributed by atoms with Gasteiger partial charge in [0.15, 0.2) is 18.1 Å². The second kappa shape index (κ2) is 7.44. The molecule has 3 heterocycles. The lowest BCUT2D eigenvalue weighted by Crippen LogP contribution is -2.20. The first-order valence-electron chi connectivity index (χ1n) is 9.54. The van der Waals surface area contributed by atoms with E-state index in [-0.39, 0.29) is 17.9 Å². The molecule has 0 atom stereocenters.